The number of nitrogens with one attached hydrogen (secondary N) is 1. The summed E-state index contributed by atoms with van der Waals surface area (Å²) in [6, 6.07) is 0.206. The van der Waals surface area contributed by atoms with Crippen molar-refractivity contribution in [2.45, 2.75) is 38.1 Å². The van der Waals surface area contributed by atoms with Crippen LogP contribution < -0.4 is 5.32 Å². The second kappa shape index (κ2) is 5.35. The minimum atomic E-state index is -0.456. The zero-order valence-corrected chi connectivity index (χ0v) is 9.88. The fourth-order valence-electron chi connectivity index (χ4n) is 1.78. The average molecular weight is 233 g/mol. The van der Waals surface area contributed by atoms with Gasteiger partial charge in [0.25, 0.3) is 0 Å². The van der Waals surface area contributed by atoms with Crippen molar-refractivity contribution in [3.05, 3.63) is 0 Å². The molecule has 15 heavy (non-hydrogen) atoms. The highest BCUT2D eigenvalue weighted by Gasteiger charge is 2.25. The van der Waals surface area contributed by atoms with E-state index in [-0.39, 0.29) is 17.9 Å². The molecule has 1 aliphatic heterocycles. The van der Waals surface area contributed by atoms with Crippen LogP contribution in [0.3, 0.4) is 0 Å². The first-order valence-electron chi connectivity index (χ1n) is 5.20. The van der Waals surface area contributed by atoms with Gasteiger partial charge in [-0.2, -0.15) is 0 Å². The predicted octanol–water partition coefficient (Wildman–Crippen LogP) is 0.741. The van der Waals surface area contributed by atoms with Crippen molar-refractivity contribution >= 4 is 23.4 Å². The molecule has 1 saturated heterocycles. The summed E-state index contributed by atoms with van der Waals surface area (Å²) in [7, 11) is 0. The molecule has 1 N–H and O–H groups in total. The summed E-state index contributed by atoms with van der Waals surface area (Å²) in [5, 5.41) is 2.40. The second-order valence-corrected chi connectivity index (χ2v) is 4.57. The molecule has 0 bridgehead atoms. The van der Waals surface area contributed by atoms with E-state index in [0.29, 0.717) is 13.1 Å². The van der Waals surface area contributed by atoms with Gasteiger partial charge in [0, 0.05) is 26.1 Å². The Morgan fingerprint density at radius 2 is 1.93 bits per heavy atom. The standard InChI is InChI=1S/C10H17ClN2O2/c1-7(11)10(15)13-5-3-9(4-6-13)12-8(2)14/h7,9H,3-6H2,1-2H3,(H,12,14). The second-order valence-electron chi connectivity index (χ2n) is 3.92. The summed E-state index contributed by atoms with van der Waals surface area (Å²) in [6.45, 7) is 4.56. The minimum Gasteiger partial charge on any atom is -0.353 e. The molecule has 1 rings (SSSR count). The number of hydrogen-bond donors (Lipinski definition) is 1. The van der Waals surface area contributed by atoms with Crippen LogP contribution in [-0.4, -0.2) is 41.2 Å². The highest BCUT2D eigenvalue weighted by molar-refractivity contribution is 6.30. The SMILES string of the molecule is CC(=O)NC1CCN(C(=O)C(C)Cl)CC1. The lowest BCUT2D eigenvalue weighted by Crippen LogP contribution is -2.47. The van der Waals surface area contributed by atoms with Gasteiger partial charge in [0.1, 0.15) is 5.38 Å². The predicted molar refractivity (Wildman–Crippen MR) is 58.7 cm³/mol. The molecule has 1 unspecified atom stereocenters. The zero-order valence-electron chi connectivity index (χ0n) is 9.12. The summed E-state index contributed by atoms with van der Waals surface area (Å²) in [5.74, 6) is -0.0246. The number of alkyl halides is 1. The molecule has 1 aliphatic rings. The Balaban J connectivity index is 2.35. The summed E-state index contributed by atoms with van der Waals surface area (Å²) in [6.07, 6.45) is 1.63. The number of halogens is 1. The van der Waals surface area contributed by atoms with Gasteiger partial charge < -0.3 is 10.2 Å². The van der Waals surface area contributed by atoms with Gasteiger partial charge in [-0.1, -0.05) is 0 Å². The topological polar surface area (TPSA) is 49.4 Å². The molecule has 0 aromatic rings. The van der Waals surface area contributed by atoms with Crippen LogP contribution in [0.5, 0.6) is 0 Å². The molecule has 2 amide bonds. The van der Waals surface area contributed by atoms with Crippen LogP contribution in [0.4, 0.5) is 0 Å². The monoisotopic (exact) mass is 232 g/mol. The summed E-state index contributed by atoms with van der Waals surface area (Å²) < 4.78 is 0. The van der Waals surface area contributed by atoms with Crippen LogP contribution in [0.25, 0.3) is 0 Å². The van der Waals surface area contributed by atoms with Crippen LogP contribution in [0, 0.1) is 0 Å². The molecular weight excluding hydrogens is 216 g/mol. The molecule has 0 aromatic carbocycles. The van der Waals surface area contributed by atoms with Crippen molar-refractivity contribution in [2.75, 3.05) is 13.1 Å². The molecule has 0 aromatic heterocycles. The van der Waals surface area contributed by atoms with Gasteiger partial charge in [0.2, 0.25) is 11.8 Å². The molecule has 1 atom stereocenters. The Hall–Kier alpha value is -0.770. The zero-order chi connectivity index (χ0) is 11.4. The van der Waals surface area contributed by atoms with E-state index < -0.39 is 5.38 Å². The Kier molecular flexibility index (Phi) is 4.39. The van der Waals surface area contributed by atoms with Gasteiger partial charge in [-0.05, 0) is 19.8 Å². The van der Waals surface area contributed by atoms with Gasteiger partial charge in [0.15, 0.2) is 0 Å². The van der Waals surface area contributed by atoms with Crippen molar-refractivity contribution in [1.29, 1.82) is 0 Å². The van der Waals surface area contributed by atoms with E-state index in [1.807, 2.05) is 0 Å². The quantitative estimate of drug-likeness (QED) is 0.714. The number of carbonyl (C=O) groups excluding carboxylic acids is 2. The molecule has 86 valence electrons. The Labute approximate surface area is 95.0 Å². The maximum Gasteiger partial charge on any atom is 0.240 e. The molecule has 0 saturated carbocycles. The Morgan fingerprint density at radius 3 is 2.33 bits per heavy atom. The Morgan fingerprint density at radius 1 is 1.40 bits per heavy atom. The fourth-order valence-corrected chi connectivity index (χ4v) is 1.92. The molecule has 4 nitrogen and oxygen atoms in total. The summed E-state index contributed by atoms with van der Waals surface area (Å²) in [5.41, 5.74) is 0. The first kappa shape index (κ1) is 12.3. The largest absolute Gasteiger partial charge is 0.353 e. The van der Waals surface area contributed by atoms with E-state index in [2.05, 4.69) is 5.32 Å². The first-order chi connectivity index (χ1) is 7.00. The highest BCUT2D eigenvalue weighted by Crippen LogP contribution is 2.12. The van der Waals surface area contributed by atoms with Crippen LogP contribution in [-0.2, 0) is 9.59 Å². The van der Waals surface area contributed by atoms with E-state index in [4.69, 9.17) is 11.6 Å². The minimum absolute atomic E-state index is 0.00881. The first-order valence-corrected chi connectivity index (χ1v) is 5.64. The number of amides is 2. The lowest BCUT2D eigenvalue weighted by molar-refractivity contribution is -0.131. The third-order valence-electron chi connectivity index (χ3n) is 2.55. The third-order valence-corrected chi connectivity index (χ3v) is 2.74. The van der Waals surface area contributed by atoms with Gasteiger partial charge in [-0.25, -0.2) is 0 Å². The number of rotatable bonds is 2. The van der Waals surface area contributed by atoms with E-state index in [1.54, 1.807) is 11.8 Å². The molecule has 1 heterocycles. The van der Waals surface area contributed by atoms with Crippen LogP contribution in [0.15, 0.2) is 0 Å². The molecule has 0 aliphatic carbocycles. The average Bonchev–Trinajstić information content (AvgIpc) is 2.17. The van der Waals surface area contributed by atoms with Crippen molar-refractivity contribution < 1.29 is 9.59 Å². The molecule has 5 heteroatoms. The summed E-state index contributed by atoms with van der Waals surface area (Å²) >= 11 is 5.72. The van der Waals surface area contributed by atoms with Gasteiger partial charge in [0.05, 0.1) is 0 Å². The van der Waals surface area contributed by atoms with Crippen molar-refractivity contribution in [3.8, 4) is 0 Å². The number of likely N-dealkylation sites (tertiary alicyclic amines) is 1. The lowest BCUT2D eigenvalue weighted by Gasteiger charge is -2.32. The maximum absolute atomic E-state index is 11.5. The normalized spacial score (nSPS) is 19.8. The number of piperidine rings is 1. The van der Waals surface area contributed by atoms with Crippen molar-refractivity contribution in [2.24, 2.45) is 0 Å². The van der Waals surface area contributed by atoms with Crippen LogP contribution in [0.2, 0.25) is 0 Å². The van der Waals surface area contributed by atoms with E-state index >= 15 is 0 Å². The van der Waals surface area contributed by atoms with Crippen molar-refractivity contribution in [3.63, 3.8) is 0 Å². The molecule has 1 fully saturated rings. The Bertz CT molecular complexity index is 248. The van der Waals surface area contributed by atoms with Gasteiger partial charge in [-0.15, -0.1) is 11.6 Å². The third kappa shape index (κ3) is 3.70. The maximum atomic E-state index is 11.5. The molecular formula is C10H17ClN2O2. The number of carbonyl (C=O) groups is 2. The van der Waals surface area contributed by atoms with E-state index in [1.165, 1.54) is 6.92 Å². The summed E-state index contributed by atoms with van der Waals surface area (Å²) in [4.78, 5) is 24.1. The van der Waals surface area contributed by atoms with Crippen LogP contribution in [0.1, 0.15) is 26.7 Å². The van der Waals surface area contributed by atoms with E-state index in [9.17, 15) is 9.59 Å². The van der Waals surface area contributed by atoms with E-state index in [0.717, 1.165) is 12.8 Å². The van der Waals surface area contributed by atoms with Crippen LogP contribution >= 0.6 is 11.6 Å². The fraction of sp³-hybridized carbons (Fsp3) is 0.800. The smallest absolute Gasteiger partial charge is 0.240 e. The van der Waals surface area contributed by atoms with Gasteiger partial charge in [-0.3, -0.25) is 9.59 Å². The molecule has 0 spiro atoms. The number of hydrogen-bond acceptors (Lipinski definition) is 2. The lowest BCUT2D eigenvalue weighted by atomic mass is 10.0. The molecule has 0 radical (unpaired) electrons. The number of nitrogens with zero attached hydrogens (tertiary/aromatic N) is 1. The van der Waals surface area contributed by atoms with Crippen molar-refractivity contribution in [1.82, 2.24) is 10.2 Å². The van der Waals surface area contributed by atoms with Gasteiger partial charge >= 0.3 is 0 Å². The highest BCUT2D eigenvalue weighted by atomic mass is 35.5.